The molecular formula is C14H23N5OS. The van der Waals surface area contributed by atoms with Crippen molar-refractivity contribution in [2.45, 2.75) is 45.9 Å². The van der Waals surface area contributed by atoms with Gasteiger partial charge in [0.1, 0.15) is 0 Å². The van der Waals surface area contributed by atoms with E-state index in [1.807, 2.05) is 17.6 Å². The molecule has 0 aromatic carbocycles. The molecule has 0 unspecified atom stereocenters. The Balaban J connectivity index is 1.57. The Hall–Kier alpha value is -1.18. The van der Waals surface area contributed by atoms with Crippen molar-refractivity contribution in [3.05, 3.63) is 11.9 Å². The van der Waals surface area contributed by atoms with Crippen LogP contribution in [0.3, 0.4) is 0 Å². The van der Waals surface area contributed by atoms with Crippen molar-refractivity contribution in [2.75, 3.05) is 25.0 Å². The maximum absolute atomic E-state index is 5.79. The van der Waals surface area contributed by atoms with Crippen LogP contribution in [0.25, 0.3) is 4.96 Å². The Morgan fingerprint density at radius 2 is 2.14 bits per heavy atom. The number of aryl methyl sites for hydroxylation is 1. The first kappa shape index (κ1) is 14.7. The summed E-state index contributed by atoms with van der Waals surface area (Å²) in [6.07, 6.45) is 2.57. The van der Waals surface area contributed by atoms with Crippen LogP contribution in [0.15, 0.2) is 6.20 Å². The molecule has 0 bridgehead atoms. The van der Waals surface area contributed by atoms with Crippen molar-refractivity contribution in [3.63, 3.8) is 0 Å². The predicted octanol–water partition coefficient (Wildman–Crippen LogP) is 2.01. The molecule has 1 fully saturated rings. The van der Waals surface area contributed by atoms with Crippen LogP contribution in [0.4, 0.5) is 5.13 Å². The summed E-state index contributed by atoms with van der Waals surface area (Å²) >= 11 is 1.59. The molecule has 3 atom stereocenters. The molecular weight excluding hydrogens is 286 g/mol. The maximum Gasteiger partial charge on any atom is 0.214 e. The summed E-state index contributed by atoms with van der Waals surface area (Å²) in [5.74, 6) is 0. The van der Waals surface area contributed by atoms with E-state index in [2.05, 4.69) is 41.1 Å². The summed E-state index contributed by atoms with van der Waals surface area (Å²) < 4.78 is 7.63. The van der Waals surface area contributed by atoms with Gasteiger partial charge in [-0.1, -0.05) is 11.3 Å². The molecule has 0 radical (unpaired) electrons. The monoisotopic (exact) mass is 309 g/mol. The largest absolute Gasteiger partial charge is 0.373 e. The van der Waals surface area contributed by atoms with Gasteiger partial charge in [0.25, 0.3) is 0 Å². The standard InChI is InChI=1S/C14H23N5OS/c1-9-6-19-14(16-9)21-13(17-19)15-5-10(2)18-7-11(3)20-12(4)8-18/h6,10-12H,5,7-8H2,1-4H3,(H,15,17)/t10-,11+,12+/m0/s1. The van der Waals surface area contributed by atoms with Gasteiger partial charge in [-0.25, -0.2) is 9.50 Å². The lowest BCUT2D eigenvalue weighted by molar-refractivity contribution is -0.0769. The van der Waals surface area contributed by atoms with Gasteiger partial charge in [-0.05, 0) is 27.7 Å². The number of fused-ring (bicyclic) bond motifs is 1. The molecule has 1 saturated heterocycles. The van der Waals surface area contributed by atoms with E-state index in [4.69, 9.17) is 4.74 Å². The maximum atomic E-state index is 5.79. The number of ether oxygens (including phenoxy) is 1. The third-order valence-corrected chi connectivity index (χ3v) is 4.66. The summed E-state index contributed by atoms with van der Waals surface area (Å²) in [6, 6.07) is 0.455. The number of anilines is 1. The number of morpholine rings is 1. The predicted molar refractivity (Wildman–Crippen MR) is 85.1 cm³/mol. The number of hydrogen-bond donors (Lipinski definition) is 1. The van der Waals surface area contributed by atoms with Crippen LogP contribution in [0.5, 0.6) is 0 Å². The average molecular weight is 309 g/mol. The van der Waals surface area contributed by atoms with Gasteiger partial charge in [0, 0.05) is 25.7 Å². The molecule has 1 aliphatic rings. The first-order valence-corrected chi connectivity index (χ1v) is 8.29. The van der Waals surface area contributed by atoms with Crippen LogP contribution in [0.1, 0.15) is 26.5 Å². The number of rotatable bonds is 4. The SMILES string of the molecule is Cc1cn2nc(NC[C@H](C)N3C[C@@H](C)O[C@H](C)C3)sc2n1. The molecule has 116 valence electrons. The van der Waals surface area contributed by atoms with Crippen molar-refractivity contribution < 1.29 is 4.74 Å². The zero-order valence-electron chi connectivity index (χ0n) is 13.0. The average Bonchev–Trinajstić information content (AvgIpc) is 2.91. The van der Waals surface area contributed by atoms with E-state index < -0.39 is 0 Å². The Bertz CT molecular complexity index is 568. The second-order valence-corrected chi connectivity index (χ2v) is 6.91. The van der Waals surface area contributed by atoms with Gasteiger partial charge >= 0.3 is 0 Å². The zero-order chi connectivity index (χ0) is 15.0. The highest BCUT2D eigenvalue weighted by Gasteiger charge is 2.25. The highest BCUT2D eigenvalue weighted by Crippen LogP contribution is 2.19. The van der Waals surface area contributed by atoms with Gasteiger partial charge in [-0.2, -0.15) is 0 Å². The van der Waals surface area contributed by atoms with Crippen molar-refractivity contribution in [1.82, 2.24) is 19.5 Å². The van der Waals surface area contributed by atoms with E-state index in [0.29, 0.717) is 18.2 Å². The minimum atomic E-state index is 0.308. The van der Waals surface area contributed by atoms with E-state index in [1.54, 1.807) is 11.3 Å². The van der Waals surface area contributed by atoms with Crippen LogP contribution in [0, 0.1) is 6.92 Å². The highest BCUT2D eigenvalue weighted by molar-refractivity contribution is 7.20. The smallest absolute Gasteiger partial charge is 0.214 e. The fourth-order valence-corrected chi connectivity index (χ4v) is 3.66. The first-order chi connectivity index (χ1) is 10.0. The second kappa shape index (κ2) is 5.90. The lowest BCUT2D eigenvalue weighted by Crippen LogP contribution is -2.50. The molecule has 0 saturated carbocycles. The third kappa shape index (κ3) is 3.36. The second-order valence-electron chi connectivity index (χ2n) is 5.96. The molecule has 0 spiro atoms. The van der Waals surface area contributed by atoms with E-state index >= 15 is 0 Å². The van der Waals surface area contributed by atoms with Crippen LogP contribution < -0.4 is 5.32 Å². The quantitative estimate of drug-likeness (QED) is 0.936. The van der Waals surface area contributed by atoms with Crippen molar-refractivity contribution in [1.29, 1.82) is 0 Å². The topological polar surface area (TPSA) is 54.7 Å². The minimum absolute atomic E-state index is 0.308. The van der Waals surface area contributed by atoms with E-state index in [-0.39, 0.29) is 0 Å². The number of nitrogens with zero attached hydrogens (tertiary/aromatic N) is 4. The number of imidazole rings is 1. The van der Waals surface area contributed by atoms with Crippen LogP contribution >= 0.6 is 11.3 Å². The summed E-state index contributed by atoms with van der Waals surface area (Å²) in [4.78, 5) is 7.84. The number of nitrogens with one attached hydrogen (secondary N) is 1. The number of hydrogen-bond acceptors (Lipinski definition) is 6. The van der Waals surface area contributed by atoms with E-state index in [9.17, 15) is 0 Å². The fraction of sp³-hybridized carbons (Fsp3) is 0.714. The zero-order valence-corrected chi connectivity index (χ0v) is 13.9. The lowest BCUT2D eigenvalue weighted by atomic mass is 10.2. The summed E-state index contributed by atoms with van der Waals surface area (Å²) in [5, 5.41) is 8.86. The molecule has 3 rings (SSSR count). The van der Waals surface area contributed by atoms with E-state index in [0.717, 1.165) is 35.4 Å². The molecule has 0 aliphatic carbocycles. The molecule has 1 aliphatic heterocycles. The normalized spacial score (nSPS) is 25.3. The Morgan fingerprint density at radius 3 is 2.81 bits per heavy atom. The van der Waals surface area contributed by atoms with Gasteiger partial charge in [0.15, 0.2) is 0 Å². The Kier molecular flexibility index (Phi) is 4.14. The third-order valence-electron chi connectivity index (χ3n) is 3.78. The van der Waals surface area contributed by atoms with Crippen molar-refractivity contribution >= 4 is 21.4 Å². The van der Waals surface area contributed by atoms with Crippen LogP contribution in [-0.2, 0) is 4.74 Å². The Labute approximate surface area is 129 Å². The lowest BCUT2D eigenvalue weighted by Gasteiger charge is -2.38. The minimum Gasteiger partial charge on any atom is -0.373 e. The molecule has 6 nitrogen and oxygen atoms in total. The Morgan fingerprint density at radius 1 is 1.43 bits per heavy atom. The molecule has 1 N–H and O–H groups in total. The molecule has 2 aromatic rings. The summed E-state index contributed by atoms with van der Waals surface area (Å²) in [7, 11) is 0. The molecule has 21 heavy (non-hydrogen) atoms. The van der Waals surface area contributed by atoms with Gasteiger partial charge in [-0.3, -0.25) is 4.90 Å². The molecule has 7 heteroatoms. The summed E-state index contributed by atoms with van der Waals surface area (Å²) in [5.41, 5.74) is 1.00. The van der Waals surface area contributed by atoms with Crippen LogP contribution in [0.2, 0.25) is 0 Å². The van der Waals surface area contributed by atoms with Crippen molar-refractivity contribution in [3.8, 4) is 0 Å². The van der Waals surface area contributed by atoms with E-state index in [1.165, 1.54) is 0 Å². The molecule has 0 amide bonds. The van der Waals surface area contributed by atoms with Gasteiger partial charge in [0.05, 0.1) is 24.1 Å². The highest BCUT2D eigenvalue weighted by atomic mass is 32.1. The van der Waals surface area contributed by atoms with Gasteiger partial charge in [0.2, 0.25) is 10.1 Å². The van der Waals surface area contributed by atoms with Crippen LogP contribution in [-0.4, -0.2) is 57.4 Å². The van der Waals surface area contributed by atoms with Crippen molar-refractivity contribution in [2.24, 2.45) is 0 Å². The summed E-state index contributed by atoms with van der Waals surface area (Å²) in [6.45, 7) is 11.4. The molecule has 3 heterocycles. The van der Waals surface area contributed by atoms with Gasteiger partial charge < -0.3 is 10.1 Å². The number of aromatic nitrogens is 3. The first-order valence-electron chi connectivity index (χ1n) is 7.47. The van der Waals surface area contributed by atoms with Gasteiger partial charge in [-0.15, -0.1) is 5.10 Å². The fourth-order valence-electron chi connectivity index (χ4n) is 2.82. The molecule has 2 aromatic heterocycles.